The number of benzene rings is 1. The number of allylic oxidation sites excluding steroid dienone is 1. The van der Waals surface area contributed by atoms with Crippen LogP contribution in [0.25, 0.3) is 5.57 Å². The molecule has 4 nitrogen and oxygen atoms in total. The Kier molecular flexibility index (Phi) is 2.71. The fourth-order valence-corrected chi connectivity index (χ4v) is 1.66. The smallest absolute Gasteiger partial charge is 0.345 e. The molecule has 0 aromatic heterocycles. The Labute approximate surface area is 98.8 Å². The monoisotopic (exact) mass is 232 g/mol. The van der Waals surface area contributed by atoms with Crippen LogP contribution in [0.1, 0.15) is 19.4 Å². The summed E-state index contributed by atoms with van der Waals surface area (Å²) >= 11 is 0. The highest BCUT2D eigenvalue weighted by atomic mass is 16.7. The van der Waals surface area contributed by atoms with E-state index in [1.54, 1.807) is 38.1 Å². The van der Waals surface area contributed by atoms with Gasteiger partial charge in [-0.1, -0.05) is 30.3 Å². The number of carbonyl (C=O) groups excluding carboxylic acids is 2. The van der Waals surface area contributed by atoms with Crippen molar-refractivity contribution in [2.75, 3.05) is 0 Å². The maximum absolute atomic E-state index is 11.9. The third-order valence-corrected chi connectivity index (χ3v) is 2.31. The van der Waals surface area contributed by atoms with Crippen LogP contribution in [0.4, 0.5) is 0 Å². The number of esters is 1. The van der Waals surface area contributed by atoms with E-state index in [0.29, 0.717) is 11.8 Å². The second-order valence-electron chi connectivity index (χ2n) is 4.11. The van der Waals surface area contributed by atoms with Crippen molar-refractivity contribution in [2.45, 2.75) is 19.6 Å². The topological polar surface area (TPSA) is 52.6 Å². The zero-order chi connectivity index (χ0) is 12.5. The first kappa shape index (κ1) is 11.4. The van der Waals surface area contributed by atoms with Crippen LogP contribution in [0.2, 0.25) is 0 Å². The van der Waals surface area contributed by atoms with Crippen molar-refractivity contribution in [3.05, 3.63) is 41.7 Å². The van der Waals surface area contributed by atoms with Gasteiger partial charge in [-0.3, -0.25) is 4.79 Å². The van der Waals surface area contributed by atoms with E-state index in [0.717, 1.165) is 0 Å². The second kappa shape index (κ2) is 4.05. The number of ether oxygens (including phenoxy) is 2. The molecule has 0 aliphatic carbocycles. The highest BCUT2D eigenvalue weighted by molar-refractivity contribution is 6.21. The SMILES string of the molecule is CC1(C)OC(=O)C(c2ccccc2)=C(C=O)O1. The van der Waals surface area contributed by atoms with Crippen LogP contribution < -0.4 is 0 Å². The van der Waals surface area contributed by atoms with Gasteiger partial charge in [-0.2, -0.15) is 0 Å². The molecule has 1 aliphatic rings. The lowest BCUT2D eigenvalue weighted by Crippen LogP contribution is -2.36. The number of hydrogen-bond donors (Lipinski definition) is 0. The van der Waals surface area contributed by atoms with Crippen molar-refractivity contribution >= 4 is 17.8 Å². The number of carbonyl (C=O) groups is 2. The van der Waals surface area contributed by atoms with Crippen LogP contribution in [0.3, 0.4) is 0 Å². The third-order valence-electron chi connectivity index (χ3n) is 2.31. The van der Waals surface area contributed by atoms with E-state index >= 15 is 0 Å². The Hall–Kier alpha value is -2.10. The van der Waals surface area contributed by atoms with Crippen LogP contribution in [0.15, 0.2) is 36.1 Å². The number of cyclic esters (lactones) is 1. The summed E-state index contributed by atoms with van der Waals surface area (Å²) in [5, 5.41) is 0. The average Bonchev–Trinajstić information content (AvgIpc) is 2.28. The van der Waals surface area contributed by atoms with Crippen LogP contribution in [-0.2, 0) is 19.1 Å². The zero-order valence-corrected chi connectivity index (χ0v) is 9.60. The van der Waals surface area contributed by atoms with Gasteiger partial charge in [-0.15, -0.1) is 0 Å². The van der Waals surface area contributed by atoms with Crippen molar-refractivity contribution in [1.29, 1.82) is 0 Å². The zero-order valence-electron chi connectivity index (χ0n) is 9.60. The van der Waals surface area contributed by atoms with Crippen LogP contribution in [0.5, 0.6) is 0 Å². The Bertz CT molecular complexity index is 485. The first-order chi connectivity index (χ1) is 8.03. The summed E-state index contributed by atoms with van der Waals surface area (Å²) in [5.41, 5.74) is 0.773. The van der Waals surface area contributed by atoms with Crippen molar-refractivity contribution < 1.29 is 19.1 Å². The summed E-state index contributed by atoms with van der Waals surface area (Å²) in [7, 11) is 0. The van der Waals surface area contributed by atoms with Gasteiger partial charge in [-0.05, 0) is 5.56 Å². The molecule has 1 heterocycles. The first-order valence-electron chi connectivity index (χ1n) is 5.21. The molecule has 2 rings (SSSR count). The van der Waals surface area contributed by atoms with E-state index in [4.69, 9.17) is 9.47 Å². The maximum atomic E-state index is 11.9. The van der Waals surface area contributed by atoms with Crippen molar-refractivity contribution in [3.63, 3.8) is 0 Å². The number of aldehydes is 1. The van der Waals surface area contributed by atoms with Gasteiger partial charge < -0.3 is 9.47 Å². The molecule has 88 valence electrons. The van der Waals surface area contributed by atoms with E-state index in [-0.39, 0.29) is 11.3 Å². The Morgan fingerprint density at radius 3 is 2.35 bits per heavy atom. The van der Waals surface area contributed by atoms with Gasteiger partial charge in [0, 0.05) is 13.8 Å². The normalized spacial score (nSPS) is 18.4. The third kappa shape index (κ3) is 2.20. The van der Waals surface area contributed by atoms with Gasteiger partial charge in [0.1, 0.15) is 5.57 Å². The standard InChI is InChI=1S/C13H12O4/c1-13(2)16-10(8-14)11(12(15)17-13)9-6-4-3-5-7-9/h3-8H,1-2H3. The largest absolute Gasteiger partial charge is 0.448 e. The molecule has 0 atom stereocenters. The Morgan fingerprint density at radius 2 is 1.76 bits per heavy atom. The minimum atomic E-state index is -1.11. The van der Waals surface area contributed by atoms with Crippen LogP contribution in [0, 0.1) is 0 Å². The predicted molar refractivity (Wildman–Crippen MR) is 60.7 cm³/mol. The molecule has 4 heteroatoms. The molecule has 1 aromatic carbocycles. The van der Waals surface area contributed by atoms with Gasteiger partial charge in [0.2, 0.25) is 5.79 Å². The molecule has 1 aliphatic heterocycles. The Morgan fingerprint density at radius 1 is 1.12 bits per heavy atom. The lowest BCUT2D eigenvalue weighted by Gasteiger charge is -2.31. The molecular formula is C13H12O4. The summed E-state index contributed by atoms with van der Waals surface area (Å²) in [6.07, 6.45) is 0.532. The van der Waals surface area contributed by atoms with Crippen molar-refractivity contribution in [1.82, 2.24) is 0 Å². The maximum Gasteiger partial charge on any atom is 0.345 e. The summed E-state index contributed by atoms with van der Waals surface area (Å²) in [4.78, 5) is 22.8. The molecule has 0 unspecified atom stereocenters. The summed E-state index contributed by atoms with van der Waals surface area (Å²) in [6, 6.07) is 8.82. The minimum Gasteiger partial charge on any atom is -0.448 e. The minimum absolute atomic E-state index is 0.0115. The molecular weight excluding hydrogens is 220 g/mol. The quantitative estimate of drug-likeness (QED) is 0.577. The molecule has 0 N–H and O–H groups in total. The van der Waals surface area contributed by atoms with E-state index in [2.05, 4.69) is 0 Å². The highest BCUT2D eigenvalue weighted by Gasteiger charge is 2.36. The fourth-order valence-electron chi connectivity index (χ4n) is 1.66. The molecule has 17 heavy (non-hydrogen) atoms. The lowest BCUT2D eigenvalue weighted by molar-refractivity contribution is -0.202. The first-order valence-corrected chi connectivity index (χ1v) is 5.21. The van der Waals surface area contributed by atoms with Gasteiger partial charge in [0.05, 0.1) is 0 Å². The van der Waals surface area contributed by atoms with Gasteiger partial charge in [0.25, 0.3) is 0 Å². The molecule has 0 amide bonds. The lowest BCUT2D eigenvalue weighted by atomic mass is 10.0. The van der Waals surface area contributed by atoms with E-state index < -0.39 is 11.8 Å². The van der Waals surface area contributed by atoms with Crippen molar-refractivity contribution in [3.8, 4) is 0 Å². The van der Waals surface area contributed by atoms with E-state index in [1.807, 2.05) is 6.07 Å². The van der Waals surface area contributed by atoms with Gasteiger partial charge >= 0.3 is 5.97 Å². The van der Waals surface area contributed by atoms with Crippen molar-refractivity contribution in [2.24, 2.45) is 0 Å². The van der Waals surface area contributed by atoms with E-state index in [1.165, 1.54) is 0 Å². The average molecular weight is 232 g/mol. The second-order valence-corrected chi connectivity index (χ2v) is 4.11. The summed E-state index contributed by atoms with van der Waals surface area (Å²) in [6.45, 7) is 3.16. The molecule has 0 bridgehead atoms. The van der Waals surface area contributed by atoms with Gasteiger partial charge in [0.15, 0.2) is 12.0 Å². The summed E-state index contributed by atoms with van der Waals surface area (Å²) in [5.74, 6) is -1.64. The fraction of sp³-hybridized carbons (Fsp3) is 0.231. The van der Waals surface area contributed by atoms with Gasteiger partial charge in [-0.25, -0.2) is 4.79 Å². The number of hydrogen-bond acceptors (Lipinski definition) is 4. The molecule has 0 saturated heterocycles. The molecule has 0 saturated carbocycles. The van der Waals surface area contributed by atoms with Crippen LogP contribution in [-0.4, -0.2) is 18.0 Å². The Balaban J connectivity index is 2.53. The molecule has 0 radical (unpaired) electrons. The molecule has 0 fully saturated rings. The van der Waals surface area contributed by atoms with Crippen LogP contribution >= 0.6 is 0 Å². The number of rotatable bonds is 2. The van der Waals surface area contributed by atoms with E-state index in [9.17, 15) is 9.59 Å². The molecule has 0 spiro atoms. The predicted octanol–water partition coefficient (Wildman–Crippen LogP) is 1.91. The molecule has 1 aromatic rings. The summed E-state index contributed by atoms with van der Waals surface area (Å²) < 4.78 is 10.4. The highest BCUT2D eigenvalue weighted by Crippen LogP contribution is 2.31.